The van der Waals surface area contributed by atoms with Crippen LogP contribution in [0.5, 0.6) is 0 Å². The Morgan fingerprint density at radius 3 is 2.48 bits per heavy atom. The molecule has 0 saturated carbocycles. The molecule has 5 nitrogen and oxygen atoms in total. The fourth-order valence-corrected chi connectivity index (χ4v) is 2.49. The predicted octanol–water partition coefficient (Wildman–Crippen LogP) is 1.84. The Bertz CT molecular complexity index is 656. The molecule has 2 rings (SSSR count). The summed E-state index contributed by atoms with van der Waals surface area (Å²) in [4.78, 5) is 24.0. The second-order valence-electron chi connectivity index (χ2n) is 5.04. The van der Waals surface area contributed by atoms with Crippen molar-refractivity contribution in [2.75, 3.05) is 0 Å². The van der Waals surface area contributed by atoms with Crippen molar-refractivity contribution < 1.29 is 22.8 Å². The monoisotopic (exact) mass is 345 g/mol. The van der Waals surface area contributed by atoms with E-state index in [1.165, 1.54) is 0 Å². The van der Waals surface area contributed by atoms with Crippen LogP contribution in [0, 0.1) is 6.92 Å². The molecule has 1 unspecified atom stereocenters. The van der Waals surface area contributed by atoms with Gasteiger partial charge in [0.2, 0.25) is 0 Å². The number of benzene rings is 1. The van der Waals surface area contributed by atoms with Crippen molar-refractivity contribution in [3.8, 4) is 0 Å². The Balaban J connectivity index is 2.53. The largest absolute Gasteiger partial charge is 0.408 e. The highest BCUT2D eigenvalue weighted by Gasteiger charge is 2.45. The van der Waals surface area contributed by atoms with Gasteiger partial charge in [-0.2, -0.15) is 13.2 Å². The van der Waals surface area contributed by atoms with Gasteiger partial charge in [-0.15, -0.1) is 0 Å². The zero-order chi connectivity index (χ0) is 17.2. The third-order valence-corrected chi connectivity index (χ3v) is 3.72. The molecule has 23 heavy (non-hydrogen) atoms. The summed E-state index contributed by atoms with van der Waals surface area (Å²) >= 11 is 0.476. The summed E-state index contributed by atoms with van der Waals surface area (Å²) in [5.41, 5.74) is 0.993. The molecule has 0 aliphatic carbocycles. The molecule has 1 aliphatic rings. The van der Waals surface area contributed by atoms with Gasteiger partial charge >= 0.3 is 6.18 Å². The normalized spacial score (nSPS) is 18.7. The van der Waals surface area contributed by atoms with E-state index < -0.39 is 30.5 Å². The number of amides is 2. The van der Waals surface area contributed by atoms with Crippen molar-refractivity contribution in [3.63, 3.8) is 0 Å². The van der Waals surface area contributed by atoms with Crippen molar-refractivity contribution in [3.05, 3.63) is 41.0 Å². The van der Waals surface area contributed by atoms with Gasteiger partial charge in [0.15, 0.2) is 0 Å². The third-order valence-electron chi connectivity index (χ3n) is 3.42. The lowest BCUT2D eigenvalue weighted by Crippen LogP contribution is -2.50. The van der Waals surface area contributed by atoms with Crippen LogP contribution in [0.25, 0.3) is 5.57 Å². The molecule has 9 heteroatoms. The summed E-state index contributed by atoms with van der Waals surface area (Å²) < 4.78 is 41.1. The first-order valence-corrected chi connectivity index (χ1v) is 7.46. The van der Waals surface area contributed by atoms with Crippen LogP contribution in [0.3, 0.4) is 0 Å². The maximum absolute atomic E-state index is 13.0. The third kappa shape index (κ3) is 3.85. The van der Waals surface area contributed by atoms with Gasteiger partial charge in [0, 0.05) is 18.6 Å². The Morgan fingerprint density at radius 2 is 1.96 bits per heavy atom. The van der Waals surface area contributed by atoms with E-state index in [-0.39, 0.29) is 11.1 Å². The molecule has 0 radical (unpaired) electrons. The van der Waals surface area contributed by atoms with Crippen molar-refractivity contribution in [2.45, 2.75) is 25.6 Å². The van der Waals surface area contributed by atoms with Crippen LogP contribution in [0.2, 0.25) is 0 Å². The highest BCUT2D eigenvalue weighted by atomic mass is 32.2. The number of hydrogen-bond acceptors (Lipinski definition) is 4. The molecule has 0 fully saturated rings. The Kier molecular flexibility index (Phi) is 5.00. The lowest BCUT2D eigenvalue weighted by molar-refractivity contribution is -0.160. The van der Waals surface area contributed by atoms with E-state index in [4.69, 9.17) is 5.14 Å². The fourth-order valence-electron chi connectivity index (χ4n) is 2.28. The number of halogens is 3. The maximum Gasteiger partial charge on any atom is 0.408 e. The first-order chi connectivity index (χ1) is 10.7. The minimum absolute atomic E-state index is 0.0441. The SMILES string of the molecule is Cc1ccc(C2=C(C(=O)NSN)C(=O)NC(C(F)(F)F)C2)cc1. The highest BCUT2D eigenvalue weighted by molar-refractivity contribution is 7.95. The number of carbonyl (C=O) groups excluding carboxylic acids is 2. The van der Waals surface area contributed by atoms with Crippen LogP contribution >= 0.6 is 12.1 Å². The summed E-state index contributed by atoms with van der Waals surface area (Å²) in [6.45, 7) is 1.82. The summed E-state index contributed by atoms with van der Waals surface area (Å²) in [5.74, 6) is -1.90. The molecule has 124 valence electrons. The van der Waals surface area contributed by atoms with E-state index >= 15 is 0 Å². The number of rotatable bonds is 3. The second kappa shape index (κ2) is 6.63. The van der Waals surface area contributed by atoms with E-state index in [2.05, 4.69) is 4.72 Å². The van der Waals surface area contributed by atoms with Crippen molar-refractivity contribution in [1.29, 1.82) is 0 Å². The molecule has 4 N–H and O–H groups in total. The smallest absolute Gasteiger partial charge is 0.340 e. The molecule has 1 aliphatic heterocycles. The Labute approximate surface area is 134 Å². The minimum Gasteiger partial charge on any atom is -0.340 e. The summed E-state index contributed by atoms with van der Waals surface area (Å²) in [7, 11) is 0. The van der Waals surface area contributed by atoms with Gasteiger partial charge in [-0.05, 0) is 18.1 Å². The van der Waals surface area contributed by atoms with E-state index in [1.807, 2.05) is 12.2 Å². The maximum atomic E-state index is 13.0. The molecular formula is C14H14F3N3O2S. The molecule has 1 heterocycles. The van der Waals surface area contributed by atoms with E-state index in [9.17, 15) is 22.8 Å². The molecule has 0 bridgehead atoms. The molecule has 2 amide bonds. The zero-order valence-corrected chi connectivity index (χ0v) is 12.8. The molecule has 0 saturated heterocycles. The molecular weight excluding hydrogens is 331 g/mol. The van der Waals surface area contributed by atoms with Gasteiger partial charge in [0.05, 0.1) is 0 Å². The molecule has 1 aromatic carbocycles. The zero-order valence-electron chi connectivity index (χ0n) is 12.0. The van der Waals surface area contributed by atoms with Crippen LogP contribution in [0.15, 0.2) is 29.8 Å². The number of nitrogens with two attached hydrogens (primary N) is 1. The lowest BCUT2D eigenvalue weighted by Gasteiger charge is -2.29. The van der Waals surface area contributed by atoms with Crippen LogP contribution < -0.4 is 15.2 Å². The number of aryl methyl sites for hydroxylation is 1. The molecule has 1 atom stereocenters. The number of alkyl halides is 3. The fraction of sp³-hybridized carbons (Fsp3) is 0.286. The quantitative estimate of drug-likeness (QED) is 0.576. The Hall–Kier alpha value is -2.00. The van der Waals surface area contributed by atoms with Gasteiger partial charge in [-0.1, -0.05) is 29.8 Å². The van der Waals surface area contributed by atoms with Gasteiger partial charge in [-0.3, -0.25) is 19.5 Å². The van der Waals surface area contributed by atoms with Gasteiger partial charge in [-0.25, -0.2) is 0 Å². The molecule has 0 spiro atoms. The van der Waals surface area contributed by atoms with Crippen molar-refractivity contribution in [1.82, 2.24) is 10.0 Å². The number of hydrogen-bond donors (Lipinski definition) is 3. The van der Waals surface area contributed by atoms with Gasteiger partial charge in [0.1, 0.15) is 11.6 Å². The lowest BCUT2D eigenvalue weighted by atomic mass is 9.89. The molecule has 1 aromatic rings. The van der Waals surface area contributed by atoms with Crippen LogP contribution in [-0.2, 0) is 9.59 Å². The van der Waals surface area contributed by atoms with Crippen molar-refractivity contribution in [2.24, 2.45) is 5.14 Å². The van der Waals surface area contributed by atoms with Crippen LogP contribution in [0.4, 0.5) is 13.2 Å². The van der Waals surface area contributed by atoms with E-state index in [1.54, 1.807) is 24.3 Å². The second-order valence-corrected chi connectivity index (χ2v) is 5.48. The number of carbonyl (C=O) groups is 2. The summed E-state index contributed by atoms with van der Waals surface area (Å²) in [6, 6.07) is 4.53. The standard InChI is InChI=1S/C14H14F3N3O2S/c1-7-2-4-8(5-3-7)9-6-10(14(15,16)17)19-12(21)11(9)13(22)20-23-18/h2-5,10H,6,18H2,1H3,(H,19,21)(H,20,22). The topological polar surface area (TPSA) is 84.2 Å². The van der Waals surface area contributed by atoms with E-state index in [0.717, 1.165) is 5.56 Å². The average Bonchev–Trinajstić information content (AvgIpc) is 2.46. The minimum atomic E-state index is -4.60. The Morgan fingerprint density at radius 1 is 1.35 bits per heavy atom. The van der Waals surface area contributed by atoms with Crippen LogP contribution in [-0.4, -0.2) is 24.0 Å². The predicted molar refractivity (Wildman–Crippen MR) is 80.6 cm³/mol. The van der Waals surface area contributed by atoms with Gasteiger partial charge in [0.25, 0.3) is 11.8 Å². The average molecular weight is 345 g/mol. The number of nitrogens with one attached hydrogen (secondary N) is 2. The van der Waals surface area contributed by atoms with E-state index in [0.29, 0.717) is 17.7 Å². The molecule has 0 aromatic heterocycles. The summed E-state index contributed by atoms with van der Waals surface area (Å²) in [6.07, 6.45) is -5.12. The van der Waals surface area contributed by atoms with Crippen molar-refractivity contribution >= 4 is 29.5 Å². The highest BCUT2D eigenvalue weighted by Crippen LogP contribution is 2.34. The first kappa shape index (κ1) is 17.4. The van der Waals surface area contributed by atoms with Gasteiger partial charge < -0.3 is 5.32 Å². The summed E-state index contributed by atoms with van der Waals surface area (Å²) in [5, 5.41) is 6.96. The first-order valence-electron chi connectivity index (χ1n) is 6.58. The van der Waals surface area contributed by atoms with Crippen LogP contribution in [0.1, 0.15) is 17.5 Å².